The molecule has 0 unspecified atom stereocenters. The summed E-state index contributed by atoms with van der Waals surface area (Å²) in [7, 11) is 1.66. The van der Waals surface area contributed by atoms with Crippen molar-refractivity contribution in [3.8, 4) is 5.75 Å². The third kappa shape index (κ3) is 3.16. The first-order valence-electron chi connectivity index (χ1n) is 5.32. The highest BCUT2D eigenvalue weighted by Gasteiger charge is 2.07. The summed E-state index contributed by atoms with van der Waals surface area (Å²) in [5, 5.41) is 4.65. The molecule has 7 heteroatoms. The molecule has 0 aliphatic carbocycles. The molecule has 6 nitrogen and oxygen atoms in total. The van der Waals surface area contributed by atoms with Gasteiger partial charge in [0, 0.05) is 18.6 Å². The Morgan fingerprint density at radius 2 is 2.28 bits per heavy atom. The van der Waals surface area contributed by atoms with E-state index in [2.05, 4.69) is 15.0 Å². The van der Waals surface area contributed by atoms with Gasteiger partial charge < -0.3 is 14.9 Å². The number of hydrogen-bond donors (Lipinski definition) is 2. The Labute approximate surface area is 109 Å². The van der Waals surface area contributed by atoms with E-state index in [-0.39, 0.29) is 0 Å². The molecule has 0 aliphatic heterocycles. The van der Waals surface area contributed by atoms with Crippen LogP contribution in [0.5, 0.6) is 5.75 Å². The maximum atomic E-state index is 5.63. The summed E-state index contributed by atoms with van der Waals surface area (Å²) >= 11 is 1.20. The molecule has 0 saturated carbocycles. The monoisotopic (exact) mass is 266 g/mol. The lowest BCUT2D eigenvalue weighted by Crippen LogP contribution is -2.08. The molecule has 0 aliphatic rings. The molecule has 0 bridgehead atoms. The van der Waals surface area contributed by atoms with E-state index in [0.29, 0.717) is 23.9 Å². The highest BCUT2D eigenvalue weighted by atomic mass is 32.1. The number of nitrogen functional groups attached to an aromatic ring is 1. The number of nitrogens with one attached hydrogen (secondary N) is 1. The van der Waals surface area contributed by atoms with E-state index in [1.807, 2.05) is 24.3 Å². The molecule has 18 heavy (non-hydrogen) atoms. The van der Waals surface area contributed by atoms with Crippen LogP contribution in [0.15, 0.2) is 24.3 Å². The van der Waals surface area contributed by atoms with Crippen molar-refractivity contribution in [3.05, 3.63) is 35.5 Å². The van der Waals surface area contributed by atoms with Crippen molar-refractivity contribution in [1.29, 1.82) is 0 Å². The Hall–Kier alpha value is -1.70. The number of rotatable bonds is 6. The van der Waals surface area contributed by atoms with E-state index < -0.39 is 0 Å². The van der Waals surface area contributed by atoms with Crippen molar-refractivity contribution in [2.24, 2.45) is 5.84 Å². The Kier molecular flexibility index (Phi) is 4.46. The Morgan fingerprint density at radius 1 is 1.39 bits per heavy atom. The molecule has 0 saturated heterocycles. The minimum Gasteiger partial charge on any atom is -0.487 e. The van der Waals surface area contributed by atoms with Gasteiger partial charge in [0.2, 0.25) is 0 Å². The first kappa shape index (κ1) is 12.7. The van der Waals surface area contributed by atoms with E-state index in [1.165, 1.54) is 11.5 Å². The lowest BCUT2D eigenvalue weighted by atomic mass is 10.2. The molecule has 3 N–H and O–H groups in total. The van der Waals surface area contributed by atoms with Crippen molar-refractivity contribution in [2.75, 3.05) is 12.5 Å². The van der Waals surface area contributed by atoms with Crippen LogP contribution in [0.4, 0.5) is 5.00 Å². The third-order valence-electron chi connectivity index (χ3n) is 2.27. The Balaban J connectivity index is 1.99. The number of hydrazine groups is 1. The van der Waals surface area contributed by atoms with E-state index in [0.717, 1.165) is 11.3 Å². The fourth-order valence-corrected chi connectivity index (χ4v) is 1.93. The van der Waals surface area contributed by atoms with E-state index in [4.69, 9.17) is 15.3 Å². The molecule has 96 valence electrons. The summed E-state index contributed by atoms with van der Waals surface area (Å²) in [5.74, 6) is 6.10. The average molecular weight is 266 g/mol. The quantitative estimate of drug-likeness (QED) is 0.610. The van der Waals surface area contributed by atoms with Gasteiger partial charge in [-0.05, 0) is 17.7 Å². The summed E-state index contributed by atoms with van der Waals surface area (Å²) in [6.07, 6.45) is 0. The summed E-state index contributed by atoms with van der Waals surface area (Å²) in [4.78, 5) is 0. The van der Waals surface area contributed by atoms with Crippen LogP contribution in [0.1, 0.15) is 11.3 Å². The summed E-state index contributed by atoms with van der Waals surface area (Å²) in [6.45, 7) is 0.886. The van der Waals surface area contributed by atoms with Crippen LogP contribution in [0, 0.1) is 0 Å². The van der Waals surface area contributed by atoms with E-state index >= 15 is 0 Å². The minimum atomic E-state index is 0.326. The highest BCUT2D eigenvalue weighted by Crippen LogP contribution is 2.19. The topological polar surface area (TPSA) is 82.3 Å². The normalized spacial score (nSPS) is 10.3. The average Bonchev–Trinajstić information content (AvgIpc) is 2.84. The molecule has 2 rings (SSSR count). The van der Waals surface area contributed by atoms with Crippen LogP contribution in [0.2, 0.25) is 0 Å². The SMILES string of the molecule is COCc1cccc(OCc2nnsc2NN)c1. The standard InChI is InChI=1S/C11H14N4O2S/c1-16-6-8-3-2-4-9(5-8)17-7-10-11(13-12)18-15-14-10/h2-5,13H,6-7,12H2,1H3. The lowest BCUT2D eigenvalue weighted by Gasteiger charge is -2.07. The zero-order chi connectivity index (χ0) is 12.8. The Morgan fingerprint density at radius 3 is 3.06 bits per heavy atom. The molecular weight excluding hydrogens is 252 g/mol. The van der Waals surface area contributed by atoms with Gasteiger partial charge in [0.05, 0.1) is 6.61 Å². The van der Waals surface area contributed by atoms with Gasteiger partial charge in [0.15, 0.2) is 5.00 Å². The number of methoxy groups -OCH3 is 1. The van der Waals surface area contributed by atoms with Gasteiger partial charge in [-0.1, -0.05) is 16.6 Å². The van der Waals surface area contributed by atoms with E-state index in [1.54, 1.807) is 7.11 Å². The molecule has 1 aromatic heterocycles. The molecule has 0 radical (unpaired) electrons. The smallest absolute Gasteiger partial charge is 0.150 e. The number of benzene rings is 1. The molecule has 1 heterocycles. The van der Waals surface area contributed by atoms with Gasteiger partial charge in [-0.15, -0.1) is 5.10 Å². The fraction of sp³-hybridized carbons (Fsp3) is 0.273. The van der Waals surface area contributed by atoms with Gasteiger partial charge in [0.1, 0.15) is 18.1 Å². The zero-order valence-electron chi connectivity index (χ0n) is 9.92. The van der Waals surface area contributed by atoms with E-state index in [9.17, 15) is 0 Å². The molecule has 2 aromatic rings. The largest absolute Gasteiger partial charge is 0.487 e. The van der Waals surface area contributed by atoms with Gasteiger partial charge in [-0.2, -0.15) is 0 Å². The molecule has 0 atom stereocenters. The summed E-state index contributed by atoms with van der Waals surface area (Å²) < 4.78 is 14.5. The predicted molar refractivity (Wildman–Crippen MR) is 69.2 cm³/mol. The van der Waals surface area contributed by atoms with Crippen molar-refractivity contribution in [3.63, 3.8) is 0 Å². The first-order chi connectivity index (χ1) is 8.83. The first-order valence-corrected chi connectivity index (χ1v) is 6.09. The molecule has 0 fully saturated rings. The number of aromatic nitrogens is 2. The zero-order valence-corrected chi connectivity index (χ0v) is 10.7. The van der Waals surface area contributed by atoms with Crippen LogP contribution in [0.3, 0.4) is 0 Å². The minimum absolute atomic E-state index is 0.326. The van der Waals surface area contributed by atoms with Crippen molar-refractivity contribution >= 4 is 16.5 Å². The second-order valence-electron chi connectivity index (χ2n) is 3.56. The van der Waals surface area contributed by atoms with Gasteiger partial charge in [-0.3, -0.25) is 0 Å². The van der Waals surface area contributed by atoms with Crippen LogP contribution < -0.4 is 16.0 Å². The summed E-state index contributed by atoms with van der Waals surface area (Å²) in [6, 6.07) is 7.71. The van der Waals surface area contributed by atoms with Gasteiger partial charge >= 0.3 is 0 Å². The molecular formula is C11H14N4O2S. The van der Waals surface area contributed by atoms with Crippen LogP contribution in [-0.2, 0) is 18.0 Å². The van der Waals surface area contributed by atoms with Crippen molar-refractivity contribution in [1.82, 2.24) is 9.59 Å². The predicted octanol–water partition coefficient (Wildman–Crippen LogP) is 1.55. The highest BCUT2D eigenvalue weighted by molar-refractivity contribution is 7.10. The van der Waals surface area contributed by atoms with Crippen LogP contribution >= 0.6 is 11.5 Å². The van der Waals surface area contributed by atoms with Gasteiger partial charge in [-0.25, -0.2) is 5.84 Å². The number of ether oxygens (including phenoxy) is 2. The summed E-state index contributed by atoms with van der Waals surface area (Å²) in [5.41, 5.74) is 4.29. The number of nitrogens with two attached hydrogens (primary N) is 1. The maximum Gasteiger partial charge on any atom is 0.150 e. The van der Waals surface area contributed by atoms with Crippen LogP contribution in [0.25, 0.3) is 0 Å². The number of anilines is 1. The second-order valence-corrected chi connectivity index (χ2v) is 4.32. The molecule has 0 amide bonds. The van der Waals surface area contributed by atoms with Gasteiger partial charge in [0.25, 0.3) is 0 Å². The lowest BCUT2D eigenvalue weighted by molar-refractivity contribution is 0.184. The molecule has 1 aromatic carbocycles. The number of nitrogens with zero attached hydrogens (tertiary/aromatic N) is 2. The van der Waals surface area contributed by atoms with Crippen molar-refractivity contribution < 1.29 is 9.47 Å². The molecule has 0 spiro atoms. The maximum absolute atomic E-state index is 5.63. The second kappa shape index (κ2) is 6.29. The Bertz CT molecular complexity index is 503. The van der Waals surface area contributed by atoms with Crippen LogP contribution in [-0.4, -0.2) is 16.7 Å². The fourth-order valence-electron chi connectivity index (χ4n) is 1.46. The number of hydrogen-bond acceptors (Lipinski definition) is 7. The third-order valence-corrected chi connectivity index (χ3v) is 2.97. The van der Waals surface area contributed by atoms with Crippen molar-refractivity contribution in [2.45, 2.75) is 13.2 Å².